The minimum atomic E-state index is -0.0161. The fourth-order valence-corrected chi connectivity index (χ4v) is 4.27. The second-order valence-electron chi connectivity index (χ2n) is 7.75. The van der Waals surface area contributed by atoms with E-state index in [9.17, 15) is 4.79 Å². The maximum absolute atomic E-state index is 12.6. The van der Waals surface area contributed by atoms with Gasteiger partial charge in [-0.3, -0.25) is 4.79 Å². The normalized spacial score (nSPS) is 25.9. The Morgan fingerprint density at radius 3 is 2.64 bits per heavy atom. The van der Waals surface area contributed by atoms with E-state index < -0.39 is 0 Å². The zero-order valence-corrected chi connectivity index (χ0v) is 16.9. The molecular weight excluding hydrogens is 376 g/mol. The molecule has 28 heavy (non-hydrogen) atoms. The Hall–Kier alpha value is -1.92. The van der Waals surface area contributed by atoms with Crippen LogP contribution in [0.1, 0.15) is 61.7 Å². The van der Waals surface area contributed by atoms with Gasteiger partial charge in [0.25, 0.3) is 0 Å². The number of carbonyl (C=O) groups excluding carboxylic acids is 1. The minimum Gasteiger partial charge on any atom is -0.356 e. The molecular formula is C21H29ClN4O2. The molecule has 4 rings (SSSR count). The molecule has 2 fully saturated rings. The van der Waals surface area contributed by atoms with Crippen LogP contribution in [0.3, 0.4) is 0 Å². The molecule has 2 aromatic rings. The third-order valence-corrected chi connectivity index (χ3v) is 5.75. The van der Waals surface area contributed by atoms with E-state index in [4.69, 9.17) is 4.52 Å². The summed E-state index contributed by atoms with van der Waals surface area (Å²) in [6.07, 6.45) is 6.97. The predicted octanol–water partition coefficient (Wildman–Crippen LogP) is 3.22. The molecule has 6 nitrogen and oxygen atoms in total. The van der Waals surface area contributed by atoms with Gasteiger partial charge in [-0.25, -0.2) is 0 Å². The van der Waals surface area contributed by atoms with Crippen molar-refractivity contribution in [1.82, 2.24) is 20.8 Å². The number of rotatable bonds is 3. The Kier molecular flexibility index (Phi) is 7.45. The predicted molar refractivity (Wildman–Crippen MR) is 110 cm³/mol. The van der Waals surface area contributed by atoms with Gasteiger partial charge in [-0.05, 0) is 37.8 Å². The van der Waals surface area contributed by atoms with E-state index in [0.29, 0.717) is 18.1 Å². The molecule has 2 aliphatic rings. The van der Waals surface area contributed by atoms with Crippen LogP contribution in [0.4, 0.5) is 0 Å². The highest BCUT2D eigenvalue weighted by molar-refractivity contribution is 5.85. The Morgan fingerprint density at radius 1 is 1.04 bits per heavy atom. The molecule has 0 spiro atoms. The van der Waals surface area contributed by atoms with Gasteiger partial charge in [0.05, 0.1) is 5.92 Å². The lowest BCUT2D eigenvalue weighted by Gasteiger charge is -2.19. The number of aromatic nitrogens is 2. The Bertz CT molecular complexity index is 752. The summed E-state index contributed by atoms with van der Waals surface area (Å²) in [7, 11) is 0. The maximum atomic E-state index is 12.6. The molecule has 0 radical (unpaired) electrons. The van der Waals surface area contributed by atoms with E-state index in [-0.39, 0.29) is 36.2 Å². The van der Waals surface area contributed by atoms with Crippen molar-refractivity contribution in [3.63, 3.8) is 0 Å². The first-order chi connectivity index (χ1) is 13.3. The van der Waals surface area contributed by atoms with Crippen LogP contribution in [-0.2, 0) is 11.2 Å². The van der Waals surface area contributed by atoms with E-state index >= 15 is 0 Å². The van der Waals surface area contributed by atoms with Crippen LogP contribution in [0.5, 0.6) is 0 Å². The second kappa shape index (κ2) is 10.0. The number of halogens is 1. The number of amides is 1. The third-order valence-electron chi connectivity index (χ3n) is 5.75. The molecule has 152 valence electrons. The molecule has 1 aromatic heterocycles. The van der Waals surface area contributed by atoms with Crippen molar-refractivity contribution in [2.24, 2.45) is 5.92 Å². The van der Waals surface area contributed by atoms with Crippen LogP contribution < -0.4 is 10.6 Å². The molecule has 1 saturated carbocycles. The lowest BCUT2D eigenvalue weighted by molar-refractivity contribution is -0.125. The summed E-state index contributed by atoms with van der Waals surface area (Å²) in [6, 6.07) is 10.4. The molecule has 2 heterocycles. The average molecular weight is 405 g/mol. The van der Waals surface area contributed by atoms with Crippen molar-refractivity contribution in [1.29, 1.82) is 0 Å². The smallest absolute Gasteiger partial charge is 0.229 e. The monoisotopic (exact) mass is 404 g/mol. The fourth-order valence-electron chi connectivity index (χ4n) is 4.27. The largest absolute Gasteiger partial charge is 0.356 e. The molecule has 1 aromatic carbocycles. The van der Waals surface area contributed by atoms with Gasteiger partial charge in [-0.2, -0.15) is 4.98 Å². The van der Waals surface area contributed by atoms with E-state index in [1.165, 1.54) is 24.8 Å². The lowest BCUT2D eigenvalue weighted by Crippen LogP contribution is -2.41. The van der Waals surface area contributed by atoms with Gasteiger partial charge < -0.3 is 15.2 Å². The molecule has 7 heteroatoms. The number of nitrogens with one attached hydrogen (secondary N) is 2. The van der Waals surface area contributed by atoms with Gasteiger partial charge in [0.15, 0.2) is 5.82 Å². The van der Waals surface area contributed by atoms with E-state index in [2.05, 4.69) is 32.9 Å². The van der Waals surface area contributed by atoms with E-state index in [1.807, 2.05) is 18.2 Å². The van der Waals surface area contributed by atoms with Crippen molar-refractivity contribution < 1.29 is 9.32 Å². The minimum absolute atomic E-state index is 0. The number of hydrogen-bond acceptors (Lipinski definition) is 5. The van der Waals surface area contributed by atoms with Gasteiger partial charge in [-0.15, -0.1) is 12.4 Å². The standard InChI is InChI=1S/C21H28N4O2.ClH/c26-20-17-13-16(14-18(17)22-10-6-1-2-7-11-23-20)21-24-19(25-27-21)12-15-8-4-3-5-9-15;/h3-5,8-9,16-18,22H,1-2,6-7,10-14H2,(H,23,26);1H. The molecule has 0 bridgehead atoms. The highest BCUT2D eigenvalue weighted by Crippen LogP contribution is 2.38. The van der Waals surface area contributed by atoms with Gasteiger partial charge in [0.2, 0.25) is 11.8 Å². The summed E-state index contributed by atoms with van der Waals surface area (Å²) in [5.41, 5.74) is 1.17. The summed E-state index contributed by atoms with van der Waals surface area (Å²) in [5.74, 6) is 1.69. The van der Waals surface area contributed by atoms with Crippen LogP contribution in [0.25, 0.3) is 0 Å². The highest BCUT2D eigenvalue weighted by atomic mass is 35.5. The number of benzene rings is 1. The number of hydrogen-bond donors (Lipinski definition) is 2. The quantitative estimate of drug-likeness (QED) is 0.820. The Labute approximate surface area is 172 Å². The van der Waals surface area contributed by atoms with Crippen LogP contribution in [0.15, 0.2) is 34.9 Å². The number of fused-ring (bicyclic) bond motifs is 1. The SMILES string of the molecule is Cl.O=C1NCCCCCCNC2CC(c3nc(Cc4ccccc4)no3)CC12. The first kappa shape index (κ1) is 20.8. The molecule has 1 aliphatic carbocycles. The third kappa shape index (κ3) is 5.11. The summed E-state index contributed by atoms with van der Waals surface area (Å²) >= 11 is 0. The fraction of sp³-hybridized carbons (Fsp3) is 0.571. The Balaban J connectivity index is 0.00000225. The zero-order valence-electron chi connectivity index (χ0n) is 16.1. The highest BCUT2D eigenvalue weighted by Gasteiger charge is 2.41. The summed E-state index contributed by atoms with van der Waals surface area (Å²) in [5, 5.41) is 10.9. The van der Waals surface area contributed by atoms with Crippen LogP contribution in [0, 0.1) is 5.92 Å². The average Bonchev–Trinajstić information content (AvgIpc) is 3.31. The second-order valence-corrected chi connectivity index (χ2v) is 7.75. The summed E-state index contributed by atoms with van der Waals surface area (Å²) in [6.45, 7) is 1.76. The van der Waals surface area contributed by atoms with Gasteiger partial charge in [0.1, 0.15) is 0 Å². The molecule has 2 N–H and O–H groups in total. The molecule has 1 saturated heterocycles. The topological polar surface area (TPSA) is 80.0 Å². The molecule has 1 aliphatic heterocycles. The zero-order chi connectivity index (χ0) is 18.5. The van der Waals surface area contributed by atoms with Crippen molar-refractivity contribution in [3.8, 4) is 0 Å². The van der Waals surface area contributed by atoms with E-state index in [0.717, 1.165) is 32.4 Å². The summed E-state index contributed by atoms with van der Waals surface area (Å²) < 4.78 is 5.57. The van der Waals surface area contributed by atoms with Gasteiger partial charge >= 0.3 is 0 Å². The first-order valence-corrected chi connectivity index (χ1v) is 10.2. The van der Waals surface area contributed by atoms with Gasteiger partial charge in [-0.1, -0.05) is 48.3 Å². The van der Waals surface area contributed by atoms with Crippen molar-refractivity contribution in [2.45, 2.75) is 56.9 Å². The van der Waals surface area contributed by atoms with Crippen molar-refractivity contribution >= 4 is 18.3 Å². The number of carbonyl (C=O) groups is 1. The maximum Gasteiger partial charge on any atom is 0.229 e. The van der Waals surface area contributed by atoms with Crippen LogP contribution in [-0.4, -0.2) is 35.2 Å². The van der Waals surface area contributed by atoms with Crippen molar-refractivity contribution in [2.75, 3.05) is 13.1 Å². The van der Waals surface area contributed by atoms with E-state index in [1.54, 1.807) is 0 Å². The van der Waals surface area contributed by atoms with Crippen LogP contribution >= 0.6 is 12.4 Å². The molecule has 3 atom stereocenters. The first-order valence-electron chi connectivity index (χ1n) is 10.2. The van der Waals surface area contributed by atoms with Crippen molar-refractivity contribution in [3.05, 3.63) is 47.6 Å². The van der Waals surface area contributed by atoms with Crippen LogP contribution in [0.2, 0.25) is 0 Å². The number of nitrogens with zero attached hydrogens (tertiary/aromatic N) is 2. The summed E-state index contributed by atoms with van der Waals surface area (Å²) in [4.78, 5) is 17.3. The Morgan fingerprint density at radius 2 is 1.82 bits per heavy atom. The molecule has 3 unspecified atom stereocenters. The van der Waals surface area contributed by atoms with Gasteiger partial charge in [0, 0.05) is 24.9 Å². The lowest BCUT2D eigenvalue weighted by atomic mass is 10.0. The molecule has 1 amide bonds.